The van der Waals surface area contributed by atoms with Crippen molar-refractivity contribution in [3.8, 4) is 5.75 Å². The summed E-state index contributed by atoms with van der Waals surface area (Å²) in [6, 6.07) is 9.65. The normalized spacial score (nSPS) is 10.4. The van der Waals surface area contributed by atoms with Gasteiger partial charge in [-0.15, -0.1) is 0 Å². The Balaban J connectivity index is 2.13. The Labute approximate surface area is 117 Å². The van der Waals surface area contributed by atoms with E-state index in [2.05, 4.69) is 0 Å². The van der Waals surface area contributed by atoms with Crippen LogP contribution < -0.4 is 10.2 Å². The van der Waals surface area contributed by atoms with Crippen LogP contribution in [0.3, 0.4) is 0 Å². The van der Waals surface area contributed by atoms with E-state index >= 15 is 0 Å². The third kappa shape index (κ3) is 3.38. The topological polar surface area (TPSA) is 49.7 Å². The number of hydrogen-bond acceptors (Lipinski definition) is 3. The number of ether oxygens (including phenoxy) is 1. The predicted octanol–water partition coefficient (Wildman–Crippen LogP) is 1.70. The van der Waals surface area contributed by atoms with E-state index < -0.39 is 12.9 Å². The molecule has 0 unspecified atom stereocenters. The average molecular weight is 274 g/mol. The molecule has 0 heterocycles. The molecule has 0 aromatic heterocycles. The highest BCUT2D eigenvalue weighted by Crippen LogP contribution is 2.17. The van der Waals surface area contributed by atoms with Crippen molar-refractivity contribution in [2.24, 2.45) is 0 Å². The minimum absolute atomic E-state index is 0.00817. The smallest absolute Gasteiger partial charge is 0.486 e. The van der Waals surface area contributed by atoms with E-state index in [9.17, 15) is 4.39 Å². The molecule has 0 fully saturated rings. The number of rotatable bonds is 4. The molecule has 0 atom stereocenters. The van der Waals surface area contributed by atoms with Crippen molar-refractivity contribution in [1.82, 2.24) is 0 Å². The van der Waals surface area contributed by atoms with Crippen molar-refractivity contribution in [1.29, 1.82) is 0 Å². The summed E-state index contributed by atoms with van der Waals surface area (Å²) in [6.07, 6.45) is 0. The Hall–Kier alpha value is -1.85. The van der Waals surface area contributed by atoms with Crippen LogP contribution in [0, 0.1) is 19.7 Å². The molecule has 2 aromatic rings. The Morgan fingerprint density at radius 2 is 1.80 bits per heavy atom. The summed E-state index contributed by atoms with van der Waals surface area (Å²) in [4.78, 5) is 0. The molecule has 0 bridgehead atoms. The Morgan fingerprint density at radius 1 is 1.05 bits per heavy atom. The van der Waals surface area contributed by atoms with Crippen LogP contribution in [0.25, 0.3) is 0 Å². The molecule has 104 valence electrons. The van der Waals surface area contributed by atoms with Gasteiger partial charge in [-0.3, -0.25) is 0 Å². The van der Waals surface area contributed by atoms with Gasteiger partial charge in [0.05, 0.1) is 0 Å². The predicted molar refractivity (Wildman–Crippen MR) is 76.5 cm³/mol. The summed E-state index contributed by atoms with van der Waals surface area (Å²) in [5.41, 5.74) is 3.46. The minimum atomic E-state index is -1.64. The molecule has 0 saturated heterocycles. The van der Waals surface area contributed by atoms with E-state index in [0.29, 0.717) is 0 Å². The summed E-state index contributed by atoms with van der Waals surface area (Å²) in [6.45, 7) is 4.25. The largest absolute Gasteiger partial charge is 0.488 e. The lowest BCUT2D eigenvalue weighted by Crippen LogP contribution is -2.29. The minimum Gasteiger partial charge on any atom is -0.486 e. The van der Waals surface area contributed by atoms with Gasteiger partial charge < -0.3 is 14.8 Å². The number of halogens is 1. The van der Waals surface area contributed by atoms with Gasteiger partial charge in [0.1, 0.15) is 6.61 Å². The fourth-order valence-electron chi connectivity index (χ4n) is 1.85. The molecular weight excluding hydrogens is 258 g/mol. The lowest BCUT2D eigenvalue weighted by atomic mass is 9.80. The maximum Gasteiger partial charge on any atom is 0.488 e. The van der Waals surface area contributed by atoms with Gasteiger partial charge in [-0.2, -0.15) is 0 Å². The first-order valence-corrected chi connectivity index (χ1v) is 6.32. The second kappa shape index (κ2) is 6.07. The highest BCUT2D eigenvalue weighted by atomic mass is 19.1. The maximum absolute atomic E-state index is 13.6. The Kier molecular flexibility index (Phi) is 4.42. The van der Waals surface area contributed by atoms with E-state index in [4.69, 9.17) is 14.8 Å². The summed E-state index contributed by atoms with van der Waals surface area (Å²) in [5.74, 6) is -0.521. The standard InChI is InChI=1S/C15H16BFO3/c1-10-3-4-12(7-11(10)2)9-20-15-8-13(16(18)19)5-6-14(15)17/h3-8,18-19H,9H2,1-2H3. The van der Waals surface area contributed by atoms with Crippen LogP contribution in [0.2, 0.25) is 0 Å². The molecule has 0 spiro atoms. The summed E-state index contributed by atoms with van der Waals surface area (Å²) in [7, 11) is -1.64. The van der Waals surface area contributed by atoms with Crippen molar-refractivity contribution in [3.05, 3.63) is 58.9 Å². The Morgan fingerprint density at radius 3 is 2.45 bits per heavy atom. The molecule has 0 radical (unpaired) electrons. The van der Waals surface area contributed by atoms with Gasteiger partial charge in [0.15, 0.2) is 11.6 Å². The average Bonchev–Trinajstić information content (AvgIpc) is 2.41. The number of hydrogen-bond donors (Lipinski definition) is 2. The highest BCUT2D eigenvalue weighted by Gasteiger charge is 2.14. The summed E-state index contributed by atoms with van der Waals surface area (Å²) in [5, 5.41) is 18.1. The van der Waals surface area contributed by atoms with Crippen molar-refractivity contribution < 1.29 is 19.2 Å². The van der Waals surface area contributed by atoms with E-state index in [-0.39, 0.29) is 17.8 Å². The zero-order chi connectivity index (χ0) is 14.7. The highest BCUT2D eigenvalue weighted by molar-refractivity contribution is 6.58. The van der Waals surface area contributed by atoms with Crippen LogP contribution >= 0.6 is 0 Å². The van der Waals surface area contributed by atoms with Gasteiger partial charge in [0, 0.05) is 0 Å². The van der Waals surface area contributed by atoms with Crippen molar-refractivity contribution in [2.75, 3.05) is 0 Å². The molecule has 5 heteroatoms. The van der Waals surface area contributed by atoms with E-state index in [1.807, 2.05) is 32.0 Å². The molecule has 0 saturated carbocycles. The van der Waals surface area contributed by atoms with Crippen LogP contribution in [-0.4, -0.2) is 17.2 Å². The molecule has 0 aliphatic carbocycles. The first-order chi connectivity index (χ1) is 9.47. The third-order valence-electron chi connectivity index (χ3n) is 3.22. The van der Waals surface area contributed by atoms with Crippen LogP contribution in [0.4, 0.5) is 4.39 Å². The molecular formula is C15H16BFO3. The van der Waals surface area contributed by atoms with E-state index in [1.54, 1.807) is 0 Å². The molecule has 2 N–H and O–H groups in total. The lowest BCUT2D eigenvalue weighted by Gasteiger charge is -2.10. The van der Waals surface area contributed by atoms with Gasteiger partial charge in [-0.1, -0.05) is 24.3 Å². The van der Waals surface area contributed by atoms with Gasteiger partial charge >= 0.3 is 7.12 Å². The van der Waals surface area contributed by atoms with Gasteiger partial charge in [-0.05, 0) is 48.1 Å². The molecule has 0 aliphatic rings. The van der Waals surface area contributed by atoms with Gasteiger partial charge in [0.2, 0.25) is 0 Å². The number of benzene rings is 2. The molecule has 0 aliphatic heterocycles. The van der Waals surface area contributed by atoms with Crippen LogP contribution in [0.1, 0.15) is 16.7 Å². The lowest BCUT2D eigenvalue weighted by molar-refractivity contribution is 0.290. The molecule has 3 nitrogen and oxygen atoms in total. The first-order valence-electron chi connectivity index (χ1n) is 6.32. The monoisotopic (exact) mass is 274 g/mol. The maximum atomic E-state index is 13.6. The summed E-state index contributed by atoms with van der Waals surface area (Å²) < 4.78 is 19.0. The van der Waals surface area contributed by atoms with E-state index in [1.165, 1.54) is 17.7 Å². The second-order valence-corrected chi connectivity index (χ2v) is 4.77. The second-order valence-electron chi connectivity index (χ2n) is 4.77. The van der Waals surface area contributed by atoms with E-state index in [0.717, 1.165) is 17.2 Å². The summed E-state index contributed by atoms with van der Waals surface area (Å²) >= 11 is 0. The van der Waals surface area contributed by atoms with Crippen LogP contribution in [0.5, 0.6) is 5.75 Å². The fourth-order valence-corrected chi connectivity index (χ4v) is 1.85. The van der Waals surface area contributed by atoms with Crippen LogP contribution in [-0.2, 0) is 6.61 Å². The molecule has 0 amide bonds. The third-order valence-corrected chi connectivity index (χ3v) is 3.22. The van der Waals surface area contributed by atoms with Gasteiger partial charge in [0.25, 0.3) is 0 Å². The van der Waals surface area contributed by atoms with Crippen molar-refractivity contribution in [3.63, 3.8) is 0 Å². The van der Waals surface area contributed by atoms with Crippen molar-refractivity contribution >= 4 is 12.6 Å². The van der Waals surface area contributed by atoms with Crippen LogP contribution in [0.15, 0.2) is 36.4 Å². The molecule has 20 heavy (non-hydrogen) atoms. The van der Waals surface area contributed by atoms with Crippen molar-refractivity contribution in [2.45, 2.75) is 20.5 Å². The molecule has 2 rings (SSSR count). The van der Waals surface area contributed by atoms with Gasteiger partial charge in [-0.25, -0.2) is 4.39 Å². The quantitative estimate of drug-likeness (QED) is 0.834. The fraction of sp³-hybridized carbons (Fsp3) is 0.200. The Bertz CT molecular complexity index is 614. The molecule has 2 aromatic carbocycles. The zero-order valence-corrected chi connectivity index (χ0v) is 11.4. The SMILES string of the molecule is Cc1ccc(COc2cc(B(O)O)ccc2F)cc1C. The number of aryl methyl sites for hydroxylation is 2. The first kappa shape index (κ1) is 14.6. The zero-order valence-electron chi connectivity index (χ0n) is 11.4.